The molecule has 0 spiro atoms. The van der Waals surface area contributed by atoms with Gasteiger partial charge in [0.2, 0.25) is 0 Å². The topological polar surface area (TPSA) is 29.9 Å². The second kappa shape index (κ2) is 5.67. The van der Waals surface area contributed by atoms with Gasteiger partial charge in [-0.2, -0.15) is 5.10 Å². The van der Waals surface area contributed by atoms with Gasteiger partial charge in [0.15, 0.2) is 0 Å². The second-order valence-corrected chi connectivity index (χ2v) is 5.40. The molecule has 1 aromatic rings. The van der Waals surface area contributed by atoms with Crippen LogP contribution in [0.4, 0.5) is 0 Å². The maximum Gasteiger partial charge on any atom is 0.0492 e. The molecule has 2 unspecified atom stereocenters. The van der Waals surface area contributed by atoms with Gasteiger partial charge < -0.3 is 5.32 Å². The summed E-state index contributed by atoms with van der Waals surface area (Å²) in [7, 11) is 0. The maximum absolute atomic E-state index is 4.47. The quantitative estimate of drug-likeness (QED) is 0.850. The first kappa shape index (κ1) is 12.6. The lowest BCUT2D eigenvalue weighted by molar-refractivity contribution is 0.409. The van der Waals surface area contributed by atoms with Crippen molar-refractivity contribution in [3.63, 3.8) is 0 Å². The summed E-state index contributed by atoms with van der Waals surface area (Å²) in [6.07, 6.45) is 6.01. The molecule has 0 aliphatic heterocycles. The summed E-state index contributed by atoms with van der Waals surface area (Å²) in [6.45, 7) is 8.84. The van der Waals surface area contributed by atoms with E-state index in [1.807, 2.05) is 6.20 Å². The molecule has 2 atom stereocenters. The fourth-order valence-electron chi connectivity index (χ4n) is 3.05. The molecule has 1 fully saturated rings. The Hall–Kier alpha value is -0.830. The molecule has 0 radical (unpaired) electrons. The lowest BCUT2D eigenvalue weighted by Crippen LogP contribution is -2.25. The average Bonchev–Trinajstić information content (AvgIpc) is 2.94. The van der Waals surface area contributed by atoms with E-state index < -0.39 is 0 Å². The average molecular weight is 235 g/mol. The molecule has 0 bridgehead atoms. The Morgan fingerprint density at radius 2 is 2.29 bits per heavy atom. The van der Waals surface area contributed by atoms with E-state index >= 15 is 0 Å². The van der Waals surface area contributed by atoms with E-state index in [1.165, 1.54) is 25.0 Å². The molecule has 1 heterocycles. The van der Waals surface area contributed by atoms with Crippen molar-refractivity contribution < 1.29 is 0 Å². The Kier molecular flexibility index (Phi) is 4.21. The Balaban J connectivity index is 2.11. The van der Waals surface area contributed by atoms with Crippen molar-refractivity contribution in [3.8, 4) is 0 Å². The SMILES string of the molecule is CCNCC1CCCC1c1ccnn1C(C)C. The molecular formula is C14H25N3. The Labute approximate surface area is 105 Å². The van der Waals surface area contributed by atoms with Crippen LogP contribution in [0.25, 0.3) is 0 Å². The Bertz CT molecular complexity index is 343. The van der Waals surface area contributed by atoms with Crippen LogP contribution in [0.2, 0.25) is 0 Å². The normalized spacial score (nSPS) is 24.7. The molecular weight excluding hydrogens is 210 g/mol. The van der Waals surface area contributed by atoms with Crippen molar-refractivity contribution in [2.24, 2.45) is 5.92 Å². The van der Waals surface area contributed by atoms with E-state index in [2.05, 4.69) is 41.9 Å². The zero-order chi connectivity index (χ0) is 12.3. The van der Waals surface area contributed by atoms with Crippen molar-refractivity contribution in [1.82, 2.24) is 15.1 Å². The van der Waals surface area contributed by atoms with Gasteiger partial charge in [-0.25, -0.2) is 0 Å². The fourth-order valence-corrected chi connectivity index (χ4v) is 3.05. The molecule has 1 saturated carbocycles. The van der Waals surface area contributed by atoms with Gasteiger partial charge in [0.1, 0.15) is 0 Å². The minimum Gasteiger partial charge on any atom is -0.317 e. The Morgan fingerprint density at radius 3 is 3.00 bits per heavy atom. The molecule has 0 aromatic carbocycles. The lowest BCUT2D eigenvalue weighted by atomic mass is 9.92. The molecule has 3 nitrogen and oxygen atoms in total. The van der Waals surface area contributed by atoms with Gasteiger partial charge >= 0.3 is 0 Å². The molecule has 96 valence electrons. The van der Waals surface area contributed by atoms with Crippen molar-refractivity contribution in [2.45, 2.75) is 52.0 Å². The maximum atomic E-state index is 4.47. The van der Waals surface area contributed by atoms with Gasteiger partial charge in [0, 0.05) is 23.9 Å². The van der Waals surface area contributed by atoms with Crippen LogP contribution in [0.1, 0.15) is 57.7 Å². The van der Waals surface area contributed by atoms with Crippen LogP contribution >= 0.6 is 0 Å². The van der Waals surface area contributed by atoms with E-state index in [0.717, 1.165) is 19.0 Å². The van der Waals surface area contributed by atoms with E-state index in [1.54, 1.807) is 0 Å². The van der Waals surface area contributed by atoms with Gasteiger partial charge in [0.05, 0.1) is 0 Å². The molecule has 1 aliphatic carbocycles. The molecule has 1 N–H and O–H groups in total. The van der Waals surface area contributed by atoms with Crippen LogP contribution in [-0.2, 0) is 0 Å². The van der Waals surface area contributed by atoms with E-state index in [0.29, 0.717) is 12.0 Å². The highest BCUT2D eigenvalue weighted by atomic mass is 15.3. The second-order valence-electron chi connectivity index (χ2n) is 5.40. The van der Waals surface area contributed by atoms with Crippen molar-refractivity contribution in [2.75, 3.05) is 13.1 Å². The van der Waals surface area contributed by atoms with Gasteiger partial charge in [-0.15, -0.1) is 0 Å². The minimum atomic E-state index is 0.473. The summed E-state index contributed by atoms with van der Waals surface area (Å²) in [5.41, 5.74) is 1.44. The van der Waals surface area contributed by atoms with E-state index in [-0.39, 0.29) is 0 Å². The summed E-state index contributed by atoms with van der Waals surface area (Å²) in [5.74, 6) is 1.50. The number of nitrogens with one attached hydrogen (secondary N) is 1. The molecule has 1 aliphatic rings. The minimum absolute atomic E-state index is 0.473. The monoisotopic (exact) mass is 235 g/mol. The van der Waals surface area contributed by atoms with Gasteiger partial charge in [-0.3, -0.25) is 4.68 Å². The molecule has 3 heteroatoms. The number of hydrogen-bond donors (Lipinski definition) is 1. The number of hydrogen-bond acceptors (Lipinski definition) is 2. The standard InChI is InChI=1S/C14H25N3/c1-4-15-10-12-6-5-7-13(12)14-8-9-16-17(14)11(2)3/h8-9,11-13,15H,4-7,10H2,1-3H3. The van der Waals surface area contributed by atoms with Crippen molar-refractivity contribution in [1.29, 1.82) is 0 Å². The van der Waals surface area contributed by atoms with Crippen LogP contribution in [0.15, 0.2) is 12.3 Å². The highest BCUT2D eigenvalue weighted by molar-refractivity contribution is 5.12. The summed E-state index contributed by atoms with van der Waals surface area (Å²) in [6, 6.07) is 2.69. The lowest BCUT2D eigenvalue weighted by Gasteiger charge is -2.22. The van der Waals surface area contributed by atoms with Gasteiger partial charge in [-0.05, 0) is 51.8 Å². The zero-order valence-corrected chi connectivity index (χ0v) is 11.3. The summed E-state index contributed by atoms with van der Waals surface area (Å²) in [4.78, 5) is 0. The third kappa shape index (κ3) is 2.71. The highest BCUT2D eigenvalue weighted by Gasteiger charge is 2.30. The highest BCUT2D eigenvalue weighted by Crippen LogP contribution is 2.39. The van der Waals surface area contributed by atoms with Crippen molar-refractivity contribution >= 4 is 0 Å². The molecule has 17 heavy (non-hydrogen) atoms. The predicted octanol–water partition coefficient (Wildman–Crippen LogP) is 2.96. The van der Waals surface area contributed by atoms with E-state index in [9.17, 15) is 0 Å². The summed E-state index contributed by atoms with van der Waals surface area (Å²) < 4.78 is 2.20. The fraction of sp³-hybridized carbons (Fsp3) is 0.786. The van der Waals surface area contributed by atoms with Crippen LogP contribution in [-0.4, -0.2) is 22.9 Å². The van der Waals surface area contributed by atoms with Crippen LogP contribution in [0, 0.1) is 5.92 Å². The Morgan fingerprint density at radius 1 is 1.47 bits per heavy atom. The first-order valence-electron chi connectivity index (χ1n) is 6.98. The van der Waals surface area contributed by atoms with Crippen molar-refractivity contribution in [3.05, 3.63) is 18.0 Å². The molecule has 0 amide bonds. The first-order chi connectivity index (χ1) is 8.24. The third-order valence-electron chi connectivity index (χ3n) is 3.89. The molecule has 2 rings (SSSR count). The molecule has 0 saturated heterocycles. The summed E-state index contributed by atoms with van der Waals surface area (Å²) in [5, 5.41) is 7.97. The van der Waals surface area contributed by atoms with Crippen LogP contribution in [0.3, 0.4) is 0 Å². The number of rotatable bonds is 5. The number of aromatic nitrogens is 2. The van der Waals surface area contributed by atoms with Crippen LogP contribution in [0.5, 0.6) is 0 Å². The predicted molar refractivity (Wildman–Crippen MR) is 71.2 cm³/mol. The summed E-state index contributed by atoms with van der Waals surface area (Å²) >= 11 is 0. The van der Waals surface area contributed by atoms with Crippen LogP contribution < -0.4 is 5.32 Å². The molecule has 1 aromatic heterocycles. The largest absolute Gasteiger partial charge is 0.317 e. The van der Waals surface area contributed by atoms with Gasteiger partial charge in [0.25, 0.3) is 0 Å². The first-order valence-corrected chi connectivity index (χ1v) is 6.98. The van der Waals surface area contributed by atoms with Gasteiger partial charge in [-0.1, -0.05) is 13.3 Å². The zero-order valence-electron chi connectivity index (χ0n) is 11.3. The number of nitrogens with zero attached hydrogens (tertiary/aromatic N) is 2. The smallest absolute Gasteiger partial charge is 0.0492 e. The third-order valence-corrected chi connectivity index (χ3v) is 3.89. The van der Waals surface area contributed by atoms with E-state index in [4.69, 9.17) is 0 Å².